The summed E-state index contributed by atoms with van der Waals surface area (Å²) in [4.78, 5) is 23.3. The van der Waals surface area contributed by atoms with E-state index in [1.807, 2.05) is 25.1 Å². The molecule has 0 bridgehead atoms. The number of anilines is 2. The van der Waals surface area contributed by atoms with Gasteiger partial charge in [0.2, 0.25) is 11.9 Å². The topological polar surface area (TPSA) is 67.3 Å². The van der Waals surface area contributed by atoms with Gasteiger partial charge in [-0.2, -0.15) is 0 Å². The average molecular weight is 354 g/mol. The van der Waals surface area contributed by atoms with Crippen molar-refractivity contribution in [3.8, 4) is 5.75 Å². The Bertz CT molecular complexity index is 753. The zero-order valence-electron chi connectivity index (χ0n) is 15.7. The SMILES string of the molecule is COc1ccc(CC(=O)Nc2cnc(N3CCC(C)CC3)nc2)cc1C. The van der Waals surface area contributed by atoms with Crippen LogP contribution in [0.4, 0.5) is 11.6 Å². The van der Waals surface area contributed by atoms with E-state index < -0.39 is 0 Å². The molecule has 0 spiro atoms. The number of nitrogens with zero attached hydrogens (tertiary/aromatic N) is 3. The molecule has 1 aliphatic rings. The maximum atomic E-state index is 12.3. The fourth-order valence-corrected chi connectivity index (χ4v) is 3.20. The summed E-state index contributed by atoms with van der Waals surface area (Å²) in [6.45, 7) is 6.22. The van der Waals surface area contributed by atoms with Crippen molar-refractivity contribution >= 4 is 17.5 Å². The van der Waals surface area contributed by atoms with Gasteiger partial charge in [0.25, 0.3) is 0 Å². The highest BCUT2D eigenvalue weighted by atomic mass is 16.5. The van der Waals surface area contributed by atoms with Gasteiger partial charge in [-0.25, -0.2) is 9.97 Å². The standard InChI is InChI=1S/C20H26N4O2/c1-14-6-8-24(9-7-14)20-21-12-17(13-22-20)23-19(25)11-16-4-5-18(26-3)15(2)10-16/h4-5,10,12-14H,6-9,11H2,1-3H3,(H,23,25). The van der Waals surface area contributed by atoms with Crippen molar-refractivity contribution in [3.63, 3.8) is 0 Å². The molecule has 6 heteroatoms. The largest absolute Gasteiger partial charge is 0.496 e. The first-order valence-electron chi connectivity index (χ1n) is 9.05. The molecular weight excluding hydrogens is 328 g/mol. The molecular formula is C20H26N4O2. The molecule has 1 N–H and O–H groups in total. The third-order valence-electron chi connectivity index (χ3n) is 4.81. The van der Waals surface area contributed by atoms with Crippen LogP contribution in [0.1, 0.15) is 30.9 Å². The molecule has 2 aromatic rings. The number of hydrogen-bond acceptors (Lipinski definition) is 5. The molecule has 1 aromatic carbocycles. The predicted molar refractivity (Wildman–Crippen MR) is 103 cm³/mol. The first-order valence-corrected chi connectivity index (χ1v) is 9.05. The third-order valence-corrected chi connectivity index (χ3v) is 4.81. The van der Waals surface area contributed by atoms with Gasteiger partial charge in [-0.3, -0.25) is 4.79 Å². The van der Waals surface area contributed by atoms with Crippen molar-refractivity contribution in [2.45, 2.75) is 33.1 Å². The highest BCUT2D eigenvalue weighted by Crippen LogP contribution is 2.21. The zero-order valence-corrected chi connectivity index (χ0v) is 15.7. The summed E-state index contributed by atoms with van der Waals surface area (Å²) in [7, 11) is 1.64. The summed E-state index contributed by atoms with van der Waals surface area (Å²) in [6.07, 6.45) is 6.00. The molecule has 0 aliphatic carbocycles. The minimum Gasteiger partial charge on any atom is -0.496 e. The van der Waals surface area contributed by atoms with Gasteiger partial charge in [0.05, 0.1) is 31.6 Å². The molecule has 1 fully saturated rings. The Morgan fingerprint density at radius 3 is 2.58 bits per heavy atom. The minimum absolute atomic E-state index is 0.0854. The lowest BCUT2D eigenvalue weighted by Gasteiger charge is -2.30. The molecule has 0 unspecified atom stereocenters. The van der Waals surface area contributed by atoms with Gasteiger partial charge in [-0.1, -0.05) is 19.1 Å². The highest BCUT2D eigenvalue weighted by Gasteiger charge is 2.17. The van der Waals surface area contributed by atoms with Gasteiger partial charge in [0.15, 0.2) is 0 Å². The fraction of sp³-hybridized carbons (Fsp3) is 0.450. The summed E-state index contributed by atoms with van der Waals surface area (Å²) in [5.74, 6) is 2.25. The molecule has 3 rings (SSSR count). The van der Waals surface area contributed by atoms with Gasteiger partial charge in [0.1, 0.15) is 5.75 Å². The molecule has 1 aromatic heterocycles. The molecule has 26 heavy (non-hydrogen) atoms. The van der Waals surface area contributed by atoms with Gasteiger partial charge in [-0.15, -0.1) is 0 Å². The summed E-state index contributed by atoms with van der Waals surface area (Å²) in [6, 6.07) is 5.76. The number of piperidine rings is 1. The number of hydrogen-bond donors (Lipinski definition) is 1. The maximum Gasteiger partial charge on any atom is 0.228 e. The van der Waals surface area contributed by atoms with E-state index in [4.69, 9.17) is 4.74 Å². The monoisotopic (exact) mass is 354 g/mol. The van der Waals surface area contributed by atoms with E-state index in [0.717, 1.165) is 41.8 Å². The Morgan fingerprint density at radius 2 is 1.96 bits per heavy atom. The van der Waals surface area contributed by atoms with Crippen molar-refractivity contribution in [1.82, 2.24) is 9.97 Å². The van der Waals surface area contributed by atoms with E-state index >= 15 is 0 Å². The van der Waals surface area contributed by atoms with E-state index in [2.05, 4.69) is 27.1 Å². The van der Waals surface area contributed by atoms with E-state index in [1.54, 1.807) is 19.5 Å². The molecule has 1 aliphatic heterocycles. The van der Waals surface area contributed by atoms with Gasteiger partial charge < -0.3 is 15.0 Å². The normalized spacial score (nSPS) is 15.0. The first-order chi connectivity index (χ1) is 12.5. The van der Waals surface area contributed by atoms with Crippen molar-refractivity contribution in [2.75, 3.05) is 30.4 Å². The van der Waals surface area contributed by atoms with Crippen LogP contribution in [-0.2, 0) is 11.2 Å². The number of ether oxygens (including phenoxy) is 1. The lowest BCUT2D eigenvalue weighted by molar-refractivity contribution is -0.115. The summed E-state index contributed by atoms with van der Waals surface area (Å²) in [5, 5.41) is 2.86. The number of aromatic nitrogens is 2. The summed E-state index contributed by atoms with van der Waals surface area (Å²) in [5.41, 5.74) is 2.58. The van der Waals surface area contributed by atoms with Crippen LogP contribution in [0.15, 0.2) is 30.6 Å². The maximum absolute atomic E-state index is 12.3. The first kappa shape index (κ1) is 18.2. The average Bonchev–Trinajstić information content (AvgIpc) is 2.63. The Labute approximate surface area is 154 Å². The van der Waals surface area contributed by atoms with Gasteiger partial charge in [0, 0.05) is 13.1 Å². The quantitative estimate of drug-likeness (QED) is 0.893. The van der Waals surface area contributed by atoms with Crippen molar-refractivity contribution in [1.29, 1.82) is 0 Å². The highest BCUT2D eigenvalue weighted by molar-refractivity contribution is 5.92. The van der Waals surface area contributed by atoms with Crippen LogP contribution in [0.3, 0.4) is 0 Å². The number of nitrogens with one attached hydrogen (secondary N) is 1. The molecule has 138 valence electrons. The Kier molecular flexibility index (Phi) is 5.71. The van der Waals surface area contributed by atoms with Crippen molar-refractivity contribution < 1.29 is 9.53 Å². The molecule has 1 amide bonds. The second kappa shape index (κ2) is 8.17. The Hall–Kier alpha value is -2.63. The van der Waals surface area contributed by atoms with Crippen LogP contribution < -0.4 is 15.0 Å². The van der Waals surface area contributed by atoms with E-state index in [-0.39, 0.29) is 5.91 Å². The van der Waals surface area contributed by atoms with E-state index in [9.17, 15) is 4.79 Å². The lowest BCUT2D eigenvalue weighted by atomic mass is 10.00. The van der Waals surface area contributed by atoms with Gasteiger partial charge >= 0.3 is 0 Å². The summed E-state index contributed by atoms with van der Waals surface area (Å²) < 4.78 is 5.25. The molecule has 0 atom stereocenters. The molecule has 6 nitrogen and oxygen atoms in total. The minimum atomic E-state index is -0.0854. The van der Waals surface area contributed by atoms with E-state index in [0.29, 0.717) is 12.1 Å². The molecule has 0 saturated carbocycles. The van der Waals surface area contributed by atoms with Crippen molar-refractivity contribution in [2.24, 2.45) is 5.92 Å². The van der Waals surface area contributed by atoms with Gasteiger partial charge in [-0.05, 0) is 42.9 Å². The third kappa shape index (κ3) is 4.50. The summed E-state index contributed by atoms with van der Waals surface area (Å²) >= 11 is 0. The van der Waals surface area contributed by atoms with Crippen molar-refractivity contribution in [3.05, 3.63) is 41.7 Å². The van der Waals surface area contributed by atoms with Crippen LogP contribution in [0.25, 0.3) is 0 Å². The predicted octanol–water partition coefficient (Wildman–Crippen LogP) is 3.21. The van der Waals surface area contributed by atoms with Crippen LogP contribution in [0, 0.1) is 12.8 Å². The number of benzene rings is 1. The molecule has 2 heterocycles. The fourth-order valence-electron chi connectivity index (χ4n) is 3.20. The Morgan fingerprint density at radius 1 is 1.27 bits per heavy atom. The molecule has 0 radical (unpaired) electrons. The lowest BCUT2D eigenvalue weighted by Crippen LogP contribution is -2.34. The smallest absolute Gasteiger partial charge is 0.228 e. The van der Waals surface area contributed by atoms with Crippen LogP contribution in [0.2, 0.25) is 0 Å². The number of rotatable bonds is 5. The second-order valence-electron chi connectivity index (χ2n) is 6.97. The number of carbonyl (C=O) groups is 1. The number of carbonyl (C=O) groups excluding carboxylic acids is 1. The molecule has 1 saturated heterocycles. The number of methoxy groups -OCH3 is 1. The number of aryl methyl sites for hydroxylation is 1. The van der Waals surface area contributed by atoms with Crippen LogP contribution in [0.5, 0.6) is 5.75 Å². The zero-order chi connectivity index (χ0) is 18.5. The number of amides is 1. The van der Waals surface area contributed by atoms with E-state index in [1.165, 1.54) is 12.8 Å². The second-order valence-corrected chi connectivity index (χ2v) is 6.97. The van der Waals surface area contributed by atoms with Crippen LogP contribution >= 0.6 is 0 Å². The Balaban J connectivity index is 1.56. The van der Waals surface area contributed by atoms with Crippen LogP contribution in [-0.4, -0.2) is 36.1 Å².